The molecule has 0 aliphatic carbocycles. The Morgan fingerprint density at radius 3 is 1.27 bits per heavy atom. The molecule has 14 atom stereocenters. The molecule has 9 rings (SSSR count). The molecule has 97 heavy (non-hydrogen) atoms. The Hall–Kier alpha value is -7.28. The van der Waals surface area contributed by atoms with Crippen molar-refractivity contribution >= 4 is 49.0 Å². The fraction of sp³-hybridized carbons (Fsp3) is 0.567. The molecular formula is C60H76N10O23P2S2. The number of aliphatic hydroxyl groups excluding tert-OH is 1. The van der Waals surface area contributed by atoms with Crippen LogP contribution in [0.4, 0.5) is 0 Å². The number of nitrogens with zero attached hydrogens (tertiary/aromatic N) is 6. The van der Waals surface area contributed by atoms with Crippen molar-refractivity contribution in [2.45, 2.75) is 175 Å². The van der Waals surface area contributed by atoms with Crippen LogP contribution in [0.1, 0.15) is 127 Å². The number of rotatable bonds is 26. The Kier molecular flexibility index (Phi) is 25.7. The number of aromatic amines is 4. The van der Waals surface area contributed by atoms with E-state index in [0.29, 0.717) is 29.5 Å². The molecule has 0 spiro atoms. The normalized spacial score (nSPS) is 24.9. The zero-order valence-corrected chi connectivity index (χ0v) is 57.8. The number of H-pyrrole nitrogens is 4. The average Bonchev–Trinajstić information content (AvgIpc) is 1.69. The second-order valence-electron chi connectivity index (χ2n) is 23.3. The maximum atomic E-state index is 13.1. The summed E-state index contributed by atoms with van der Waals surface area (Å²) in [6, 6.07) is 3.33. The fourth-order valence-corrected chi connectivity index (χ4v) is 15.1. The van der Waals surface area contributed by atoms with Crippen LogP contribution in [0, 0.1) is 61.6 Å². The number of ether oxygens (including phenoxy) is 6. The monoisotopic (exact) mass is 1430 g/mol. The smallest absolute Gasteiger partial charge is 0.344 e. The van der Waals surface area contributed by atoms with Crippen LogP contribution in [0.15, 0.2) is 75.3 Å². The second-order valence-corrected chi connectivity index (χ2v) is 29.2. The van der Waals surface area contributed by atoms with E-state index in [-0.39, 0.29) is 76.3 Å². The van der Waals surface area contributed by atoms with Crippen molar-refractivity contribution in [3.8, 4) is 0 Å². The number of benzene rings is 1. The van der Waals surface area contributed by atoms with Crippen molar-refractivity contribution in [3.63, 3.8) is 0 Å². The van der Waals surface area contributed by atoms with Gasteiger partial charge in [0.25, 0.3) is 22.2 Å². The standard InChI is InChI=1S/C36H44N5O13PS.C24H32N5O10PS/c1-8-25-27(14-30(51-25)41-16-22(5)33(44)39-36(41)47)54-55(56,49-10-9-37-7)50-17-28-26(13-29(52-28)40-15-21(4)32(43)38-35(40)46)53-31(42)18-48-34(45)24-11-19(2)23(6)20(3)12-24;1-5-16-17(9-20(37-16)29-11-14(3)22(32)27-24(29)34)39-40(41,35-7-6-25-4)36-12-18-15(30)8-19(38-18)28-10-13(2)21(31)26-23(28)33/h11-12,15-16,25-30H,8-10,13-14,17-18H2,1-6H3,(H,38,43,46)(H,39,44,47);10-11,15-20,30H,5-9,12H2,1-3H3,(H,26,31,33)(H,27,32,34). The lowest BCUT2D eigenvalue weighted by molar-refractivity contribution is -0.156. The molecule has 4 aliphatic heterocycles. The predicted octanol–water partition coefficient (Wildman–Crippen LogP) is 3.56. The van der Waals surface area contributed by atoms with Gasteiger partial charge in [0.15, 0.2) is 6.61 Å². The van der Waals surface area contributed by atoms with Crippen LogP contribution in [0.2, 0.25) is 0 Å². The molecular weight excluding hydrogens is 1350 g/mol. The van der Waals surface area contributed by atoms with Gasteiger partial charge in [-0.1, -0.05) is 13.8 Å². The summed E-state index contributed by atoms with van der Waals surface area (Å²) in [5.41, 5.74) is -0.551. The van der Waals surface area contributed by atoms with Crippen molar-refractivity contribution < 1.29 is 70.3 Å². The van der Waals surface area contributed by atoms with Gasteiger partial charge in [-0.3, -0.25) is 57.4 Å². The minimum atomic E-state index is -3.74. The first-order valence-corrected chi connectivity index (χ1v) is 35.9. The molecule has 0 amide bonds. The van der Waals surface area contributed by atoms with E-state index in [1.54, 1.807) is 32.9 Å². The highest BCUT2D eigenvalue weighted by molar-refractivity contribution is 8.07. The molecule has 37 heteroatoms. The second kappa shape index (κ2) is 33.1. The number of aryl methyl sites for hydroxylation is 6. The first kappa shape index (κ1) is 75.5. The highest BCUT2D eigenvalue weighted by atomic mass is 32.5. The van der Waals surface area contributed by atoms with Crippen molar-refractivity contribution in [1.82, 2.24) is 38.2 Å². The van der Waals surface area contributed by atoms with Gasteiger partial charge in [-0.25, -0.2) is 41.9 Å². The summed E-state index contributed by atoms with van der Waals surface area (Å²) in [4.78, 5) is 139. The van der Waals surface area contributed by atoms with Gasteiger partial charge in [0, 0.05) is 72.7 Å². The Morgan fingerprint density at radius 1 is 0.536 bits per heavy atom. The van der Waals surface area contributed by atoms with Crippen molar-refractivity contribution in [2.24, 2.45) is 0 Å². The van der Waals surface area contributed by atoms with Gasteiger partial charge in [0.05, 0.1) is 49.3 Å². The summed E-state index contributed by atoms with van der Waals surface area (Å²) < 4.78 is 76.2. The van der Waals surface area contributed by atoms with Crippen molar-refractivity contribution in [2.75, 3.05) is 46.1 Å². The first-order valence-electron chi connectivity index (χ1n) is 30.8. The highest BCUT2D eigenvalue weighted by Gasteiger charge is 2.46. The Morgan fingerprint density at radius 2 is 0.887 bits per heavy atom. The molecule has 4 aliphatic rings. The minimum Gasteiger partial charge on any atom is -0.457 e. The number of hydrogen-bond donors (Lipinski definition) is 5. The van der Waals surface area contributed by atoms with Gasteiger partial charge in [0.2, 0.25) is 13.1 Å². The maximum Gasteiger partial charge on any atom is 0.344 e. The van der Waals surface area contributed by atoms with Crippen LogP contribution in [0.3, 0.4) is 0 Å². The third-order valence-corrected chi connectivity index (χ3v) is 21.1. The number of carbonyl (C=O) groups is 2. The van der Waals surface area contributed by atoms with Crippen LogP contribution < -0.4 is 45.0 Å². The van der Waals surface area contributed by atoms with Crippen molar-refractivity contribution in [3.05, 3.63) is 188 Å². The van der Waals surface area contributed by atoms with Gasteiger partial charge in [0.1, 0.15) is 56.4 Å². The molecule has 0 saturated carbocycles. The van der Waals surface area contributed by atoms with Gasteiger partial charge < -0.3 is 70.4 Å². The van der Waals surface area contributed by atoms with E-state index >= 15 is 0 Å². The number of aliphatic hydroxyl groups is 1. The Bertz CT molecular complexity index is 4390. The van der Waals surface area contributed by atoms with E-state index in [9.17, 15) is 53.1 Å². The molecule has 1 aromatic carbocycles. The van der Waals surface area contributed by atoms with E-state index in [4.69, 9.17) is 92.3 Å². The molecule has 0 bridgehead atoms. The molecule has 8 heterocycles. The summed E-state index contributed by atoms with van der Waals surface area (Å²) in [5.74, 6) is -1.62. The minimum absolute atomic E-state index is 0.0112. The summed E-state index contributed by atoms with van der Waals surface area (Å²) in [7, 11) is 0. The maximum absolute atomic E-state index is 13.1. The third-order valence-electron chi connectivity index (χ3n) is 16.4. The summed E-state index contributed by atoms with van der Waals surface area (Å²) in [5, 5.41) is 10.6. The lowest BCUT2D eigenvalue weighted by atomic mass is 10.0. The predicted molar refractivity (Wildman–Crippen MR) is 351 cm³/mol. The number of carbonyl (C=O) groups excluding carboxylic acids is 2. The summed E-state index contributed by atoms with van der Waals surface area (Å²) in [6.45, 7) is 20.9. The summed E-state index contributed by atoms with van der Waals surface area (Å²) in [6.07, 6.45) is -3.15. The average molecular weight is 1430 g/mol. The molecule has 4 fully saturated rings. The topological polar surface area (TPSA) is 393 Å². The fourth-order valence-electron chi connectivity index (χ4n) is 10.9. The number of hydrogen-bond acceptors (Lipinski definition) is 25. The zero-order valence-electron chi connectivity index (χ0n) is 54.4. The molecule has 5 aromatic rings. The van der Waals surface area contributed by atoms with Gasteiger partial charge in [-0.2, -0.15) is 0 Å². The van der Waals surface area contributed by atoms with E-state index in [2.05, 4.69) is 29.6 Å². The Labute approximate surface area is 563 Å². The largest absolute Gasteiger partial charge is 0.457 e. The summed E-state index contributed by atoms with van der Waals surface area (Å²) >= 11 is 11.5. The lowest BCUT2D eigenvalue weighted by Gasteiger charge is -2.28. The van der Waals surface area contributed by atoms with E-state index in [1.807, 2.05) is 34.6 Å². The molecule has 5 N–H and O–H groups in total. The van der Waals surface area contributed by atoms with Crippen LogP contribution in [-0.2, 0) is 84.0 Å². The molecule has 4 aromatic heterocycles. The SMILES string of the molecule is [C-]#[N+]CCOP(=S)(OCC1OC(n2cc(C)c(=O)[nH]c2=O)CC1O)OC1CC(n2cc(C)c(=O)[nH]c2=O)OC1CC.[C-]#[N+]CCOP(=S)(OCC1OC(n2cc(C)c(=O)[nH]c2=O)CC1OC(=O)COC(=O)c1cc(C)c(C)c(C)c1)OC1CC(n2cc(C)c(=O)[nH]c2=O)OC1CC. The molecule has 33 nitrogen and oxygen atoms in total. The third kappa shape index (κ3) is 18.9. The Balaban J connectivity index is 0.000000260. The lowest BCUT2D eigenvalue weighted by Crippen LogP contribution is -2.33. The van der Waals surface area contributed by atoms with Gasteiger partial charge in [-0.05, 0) is 114 Å². The zero-order chi connectivity index (χ0) is 70.8. The van der Waals surface area contributed by atoms with Crippen LogP contribution in [0.5, 0.6) is 0 Å². The molecule has 0 radical (unpaired) electrons. The van der Waals surface area contributed by atoms with Crippen LogP contribution in [0.25, 0.3) is 9.69 Å². The molecule has 4 saturated heterocycles. The van der Waals surface area contributed by atoms with Crippen molar-refractivity contribution in [1.29, 1.82) is 0 Å². The van der Waals surface area contributed by atoms with Crippen LogP contribution >= 0.6 is 13.4 Å². The first-order chi connectivity index (χ1) is 46.0. The van der Waals surface area contributed by atoms with E-state index in [1.165, 1.54) is 45.4 Å². The van der Waals surface area contributed by atoms with Crippen LogP contribution in [-0.4, -0.2) is 150 Å². The van der Waals surface area contributed by atoms with E-state index in [0.717, 1.165) is 21.3 Å². The van der Waals surface area contributed by atoms with Gasteiger partial charge in [-0.15, -0.1) is 0 Å². The van der Waals surface area contributed by atoms with Gasteiger partial charge >= 0.3 is 48.1 Å². The number of nitrogens with one attached hydrogen (secondary N) is 4. The highest BCUT2D eigenvalue weighted by Crippen LogP contribution is 2.56. The molecule has 526 valence electrons. The number of aromatic nitrogens is 8. The van der Waals surface area contributed by atoms with E-state index < -0.39 is 151 Å². The molecule has 14 unspecified atom stereocenters. The quantitative estimate of drug-likeness (QED) is 0.0229. The number of esters is 2.